The minimum absolute atomic E-state index is 0.218. The number of aliphatic hydroxyl groups excluding tert-OH is 1. The van der Waals surface area contributed by atoms with Crippen molar-refractivity contribution < 1.29 is 27.8 Å². The van der Waals surface area contributed by atoms with Crippen LogP contribution in [0.25, 0.3) is 0 Å². The summed E-state index contributed by atoms with van der Waals surface area (Å²) in [6.45, 7) is 1.50. The Labute approximate surface area is 177 Å². The number of nitrogens with zero attached hydrogens (tertiary/aromatic N) is 1. The number of halogens is 3. The summed E-state index contributed by atoms with van der Waals surface area (Å²) in [5.41, 5.74) is 2.16. The lowest BCUT2D eigenvalue weighted by atomic mass is 10.1. The Morgan fingerprint density at radius 1 is 1.23 bits per heavy atom. The van der Waals surface area contributed by atoms with E-state index in [-0.39, 0.29) is 12.2 Å². The molecule has 10 heteroatoms. The highest BCUT2D eigenvalue weighted by Crippen LogP contribution is 2.37. The second kappa shape index (κ2) is 9.27. The molecule has 0 fully saturated rings. The van der Waals surface area contributed by atoms with E-state index in [2.05, 4.69) is 16.1 Å². The highest BCUT2D eigenvalue weighted by molar-refractivity contribution is 6.06. The van der Waals surface area contributed by atoms with Gasteiger partial charge in [-0.25, -0.2) is 5.43 Å². The number of carbonyl (C=O) groups excluding carboxylic acids is 1. The molecule has 0 aliphatic carbocycles. The number of aliphatic hydroxyl groups is 1. The number of hydrogen-bond donors (Lipinski definition) is 4. The topological polar surface area (TPSA) is 85.9 Å². The number of anilines is 3. The Bertz CT molecular complexity index is 961. The number of alkyl halides is 3. The van der Waals surface area contributed by atoms with Crippen LogP contribution in [0.2, 0.25) is 0 Å². The van der Waals surface area contributed by atoms with Crippen LogP contribution < -0.4 is 25.8 Å². The zero-order valence-electron chi connectivity index (χ0n) is 17.0. The predicted molar refractivity (Wildman–Crippen MR) is 112 cm³/mol. The molecule has 0 saturated heterocycles. The fraction of sp³-hybridized carbons (Fsp3) is 0.286. The fourth-order valence-corrected chi connectivity index (χ4v) is 3.08. The third-order valence-electron chi connectivity index (χ3n) is 4.64. The van der Waals surface area contributed by atoms with E-state index in [1.54, 1.807) is 25.1 Å². The van der Waals surface area contributed by atoms with Crippen LogP contribution in [0.1, 0.15) is 13.3 Å². The van der Waals surface area contributed by atoms with E-state index in [0.717, 1.165) is 5.01 Å². The van der Waals surface area contributed by atoms with Crippen LogP contribution in [-0.2, 0) is 4.79 Å². The Balaban J connectivity index is 1.86. The van der Waals surface area contributed by atoms with Crippen molar-refractivity contribution >= 4 is 23.0 Å². The average molecular weight is 436 g/mol. The molecule has 1 amide bonds. The summed E-state index contributed by atoms with van der Waals surface area (Å²) in [7, 11) is 1.46. The molecule has 166 valence electrons. The van der Waals surface area contributed by atoms with Gasteiger partial charge in [0, 0.05) is 17.9 Å². The third kappa shape index (κ3) is 5.28. The van der Waals surface area contributed by atoms with Gasteiger partial charge in [0.1, 0.15) is 17.7 Å². The first-order valence-corrected chi connectivity index (χ1v) is 9.57. The summed E-state index contributed by atoms with van der Waals surface area (Å²) < 4.78 is 46.6. The molecule has 0 saturated carbocycles. The molecule has 0 aromatic heterocycles. The summed E-state index contributed by atoms with van der Waals surface area (Å²) >= 11 is 0. The number of benzene rings is 2. The van der Waals surface area contributed by atoms with Gasteiger partial charge in [-0.05, 0) is 48.9 Å². The van der Waals surface area contributed by atoms with Crippen molar-refractivity contribution in [2.75, 3.05) is 29.3 Å². The van der Waals surface area contributed by atoms with E-state index in [9.17, 15) is 23.1 Å². The molecule has 7 nitrogen and oxygen atoms in total. The van der Waals surface area contributed by atoms with Crippen LogP contribution in [0.5, 0.6) is 5.75 Å². The van der Waals surface area contributed by atoms with Gasteiger partial charge >= 0.3 is 6.18 Å². The van der Waals surface area contributed by atoms with Gasteiger partial charge in [-0.1, -0.05) is 13.0 Å². The summed E-state index contributed by atoms with van der Waals surface area (Å²) in [5.74, 6) is -0.371. The molecule has 0 radical (unpaired) electrons. The van der Waals surface area contributed by atoms with Gasteiger partial charge in [0.2, 0.25) is 0 Å². The number of rotatable bonds is 7. The minimum atomic E-state index is -4.76. The first kappa shape index (κ1) is 22.4. The molecule has 1 atom stereocenters. The molecule has 0 bridgehead atoms. The van der Waals surface area contributed by atoms with E-state index >= 15 is 0 Å². The van der Waals surface area contributed by atoms with Crippen molar-refractivity contribution in [3.05, 3.63) is 59.8 Å². The van der Waals surface area contributed by atoms with Gasteiger partial charge in [-0.2, -0.15) is 13.2 Å². The number of hydrogen-bond acceptors (Lipinski definition) is 6. The van der Waals surface area contributed by atoms with Crippen molar-refractivity contribution in [1.29, 1.82) is 0 Å². The van der Waals surface area contributed by atoms with Crippen LogP contribution in [0, 0.1) is 0 Å². The van der Waals surface area contributed by atoms with Gasteiger partial charge in [0.25, 0.3) is 5.91 Å². The van der Waals surface area contributed by atoms with Crippen molar-refractivity contribution in [3.63, 3.8) is 0 Å². The molecule has 2 aromatic rings. The first-order chi connectivity index (χ1) is 14.7. The summed E-state index contributed by atoms with van der Waals surface area (Å²) in [6.07, 6.45) is -5.07. The Morgan fingerprint density at radius 2 is 1.90 bits per heavy atom. The maximum Gasteiger partial charge on any atom is 0.433 e. The molecule has 2 aromatic carbocycles. The predicted octanol–water partition coefficient (Wildman–Crippen LogP) is 3.62. The molecular formula is C21H23F3N4O3. The summed E-state index contributed by atoms with van der Waals surface area (Å²) in [4.78, 5) is 12.7. The van der Waals surface area contributed by atoms with Crippen LogP contribution in [0.15, 0.2) is 59.8 Å². The lowest BCUT2D eigenvalue weighted by Gasteiger charge is -2.24. The number of methoxy groups -OCH3 is 1. The molecule has 4 N–H and O–H groups in total. The van der Waals surface area contributed by atoms with Crippen LogP contribution in [-0.4, -0.2) is 37.1 Å². The number of hydrazine groups is 1. The van der Waals surface area contributed by atoms with E-state index < -0.39 is 29.6 Å². The quantitative estimate of drug-likeness (QED) is 0.496. The Hall–Kier alpha value is -3.24. The lowest BCUT2D eigenvalue weighted by Crippen LogP contribution is -2.36. The molecule has 1 unspecified atom stereocenters. The monoisotopic (exact) mass is 436 g/mol. The average Bonchev–Trinajstić information content (AvgIpc) is 3.20. The number of ether oxygens (including phenoxy) is 1. The van der Waals surface area contributed by atoms with E-state index in [1.165, 1.54) is 37.4 Å². The van der Waals surface area contributed by atoms with E-state index in [0.29, 0.717) is 23.5 Å². The van der Waals surface area contributed by atoms with Gasteiger partial charge in [0.15, 0.2) is 0 Å². The smallest absolute Gasteiger partial charge is 0.433 e. The van der Waals surface area contributed by atoms with Crippen LogP contribution >= 0.6 is 0 Å². The highest BCUT2D eigenvalue weighted by Gasteiger charge is 2.45. The zero-order chi connectivity index (χ0) is 22.6. The lowest BCUT2D eigenvalue weighted by molar-refractivity contribution is -0.114. The number of amides is 1. The standard InChI is InChI=1S/C21H23F3N4O3/c1-3-18(29)26-13-5-4-6-14(11-13)27-20(30)17-12-25-28(19(17)21(22,23)24)15-7-9-16(31-2)10-8-15/h4-11,18,25-26,29H,3,12H2,1-2H3,(H,27,30). The van der Waals surface area contributed by atoms with Crippen LogP contribution in [0.3, 0.4) is 0 Å². The SMILES string of the molecule is CCC(O)Nc1cccc(NC(=O)C2=C(C(F)(F)F)N(c3ccc(OC)cc3)NC2)c1. The normalized spacial score (nSPS) is 15.1. The molecule has 1 aliphatic rings. The number of nitrogens with one attached hydrogen (secondary N) is 3. The van der Waals surface area contributed by atoms with E-state index in [1.807, 2.05) is 0 Å². The van der Waals surface area contributed by atoms with Gasteiger partial charge in [-0.3, -0.25) is 9.80 Å². The van der Waals surface area contributed by atoms with Crippen molar-refractivity contribution in [2.45, 2.75) is 25.7 Å². The largest absolute Gasteiger partial charge is 0.497 e. The third-order valence-corrected chi connectivity index (χ3v) is 4.64. The van der Waals surface area contributed by atoms with E-state index in [4.69, 9.17) is 4.74 Å². The maximum atomic E-state index is 13.9. The highest BCUT2D eigenvalue weighted by atomic mass is 19.4. The van der Waals surface area contributed by atoms with Crippen molar-refractivity contribution in [3.8, 4) is 5.75 Å². The van der Waals surface area contributed by atoms with Crippen molar-refractivity contribution in [2.24, 2.45) is 0 Å². The molecule has 3 rings (SSSR count). The molecule has 1 aliphatic heterocycles. The van der Waals surface area contributed by atoms with Crippen LogP contribution in [0.4, 0.5) is 30.2 Å². The van der Waals surface area contributed by atoms with Crippen molar-refractivity contribution in [1.82, 2.24) is 5.43 Å². The van der Waals surface area contributed by atoms with Gasteiger partial charge in [0.05, 0.1) is 18.4 Å². The van der Waals surface area contributed by atoms with Gasteiger partial charge < -0.3 is 20.5 Å². The molecule has 31 heavy (non-hydrogen) atoms. The summed E-state index contributed by atoms with van der Waals surface area (Å²) in [5, 5.41) is 15.9. The number of allylic oxidation sites excluding steroid dienone is 1. The zero-order valence-corrected chi connectivity index (χ0v) is 17.0. The fourth-order valence-electron chi connectivity index (χ4n) is 3.08. The minimum Gasteiger partial charge on any atom is -0.497 e. The summed E-state index contributed by atoms with van der Waals surface area (Å²) in [6, 6.07) is 12.4. The second-order valence-corrected chi connectivity index (χ2v) is 6.80. The number of carbonyl (C=O) groups is 1. The first-order valence-electron chi connectivity index (χ1n) is 9.57. The molecule has 0 spiro atoms. The Kier molecular flexibility index (Phi) is 6.71. The van der Waals surface area contributed by atoms with Gasteiger partial charge in [-0.15, -0.1) is 0 Å². The maximum absolute atomic E-state index is 13.9. The second-order valence-electron chi connectivity index (χ2n) is 6.80. The Morgan fingerprint density at radius 3 is 2.52 bits per heavy atom. The molecule has 1 heterocycles. The molecular weight excluding hydrogens is 413 g/mol.